The van der Waals surface area contributed by atoms with Gasteiger partial charge in [0.2, 0.25) is 10.0 Å². The zero-order chi connectivity index (χ0) is 15.4. The maximum Gasteiger partial charge on any atom is 0.215 e. The standard InChI is InChI=1S/C15H26N4O2S/c20-22(21,17-14-4-1-2-5-14)15-6-3-8-18(12-15)10-11-19-9-7-16-13-19/h7,9,13-15,17H,1-6,8,10-12H2. The van der Waals surface area contributed by atoms with Gasteiger partial charge in [-0.15, -0.1) is 0 Å². The highest BCUT2D eigenvalue weighted by atomic mass is 32.2. The molecule has 0 amide bonds. The number of piperidine rings is 1. The van der Waals surface area contributed by atoms with E-state index in [-0.39, 0.29) is 11.3 Å². The Hall–Kier alpha value is -0.920. The summed E-state index contributed by atoms with van der Waals surface area (Å²) in [5, 5.41) is -0.260. The molecule has 2 fully saturated rings. The number of nitrogens with zero attached hydrogens (tertiary/aromatic N) is 3. The van der Waals surface area contributed by atoms with Gasteiger partial charge in [-0.1, -0.05) is 12.8 Å². The van der Waals surface area contributed by atoms with E-state index in [0.717, 1.165) is 58.2 Å². The molecule has 1 atom stereocenters. The van der Waals surface area contributed by atoms with E-state index in [2.05, 4.69) is 14.6 Å². The summed E-state index contributed by atoms with van der Waals surface area (Å²) >= 11 is 0. The van der Waals surface area contributed by atoms with Gasteiger partial charge in [-0.25, -0.2) is 18.1 Å². The van der Waals surface area contributed by atoms with Crippen LogP contribution < -0.4 is 4.72 Å². The molecule has 1 saturated heterocycles. The molecule has 1 saturated carbocycles. The summed E-state index contributed by atoms with van der Waals surface area (Å²) in [6.45, 7) is 3.38. The van der Waals surface area contributed by atoms with Crippen molar-refractivity contribution in [1.29, 1.82) is 0 Å². The van der Waals surface area contributed by atoms with Gasteiger partial charge in [-0.3, -0.25) is 0 Å². The van der Waals surface area contributed by atoms with Crippen molar-refractivity contribution in [2.75, 3.05) is 19.6 Å². The Labute approximate surface area is 133 Å². The van der Waals surface area contributed by atoms with Gasteiger partial charge in [-0.2, -0.15) is 0 Å². The Kier molecular flexibility index (Phi) is 5.15. The topological polar surface area (TPSA) is 67.2 Å². The summed E-state index contributed by atoms with van der Waals surface area (Å²) in [5.41, 5.74) is 0. The molecule has 0 spiro atoms. The Morgan fingerprint density at radius 1 is 1.14 bits per heavy atom. The summed E-state index contributed by atoms with van der Waals surface area (Å²) in [5.74, 6) is 0. The highest BCUT2D eigenvalue weighted by molar-refractivity contribution is 7.90. The molecule has 7 heteroatoms. The minimum atomic E-state index is -3.18. The first-order valence-electron chi connectivity index (χ1n) is 8.33. The van der Waals surface area contributed by atoms with Crippen LogP contribution in [0.1, 0.15) is 38.5 Å². The molecule has 3 rings (SSSR count). The first-order valence-corrected chi connectivity index (χ1v) is 9.87. The molecule has 0 radical (unpaired) electrons. The summed E-state index contributed by atoms with van der Waals surface area (Å²) in [7, 11) is -3.18. The van der Waals surface area contributed by atoms with Gasteiger partial charge in [0, 0.05) is 38.1 Å². The average Bonchev–Trinajstić information content (AvgIpc) is 3.18. The number of nitrogens with one attached hydrogen (secondary N) is 1. The Bertz CT molecular complexity index is 552. The lowest BCUT2D eigenvalue weighted by Gasteiger charge is -2.33. The second kappa shape index (κ2) is 7.10. The molecule has 2 aliphatic rings. The summed E-state index contributed by atoms with van der Waals surface area (Å²) in [6, 6.07) is 0.173. The maximum absolute atomic E-state index is 12.6. The highest BCUT2D eigenvalue weighted by Crippen LogP contribution is 2.22. The smallest absolute Gasteiger partial charge is 0.215 e. The Morgan fingerprint density at radius 3 is 2.68 bits per heavy atom. The minimum Gasteiger partial charge on any atom is -0.336 e. The lowest BCUT2D eigenvalue weighted by Crippen LogP contribution is -2.48. The fourth-order valence-electron chi connectivity index (χ4n) is 3.52. The third kappa shape index (κ3) is 4.08. The van der Waals surface area contributed by atoms with Gasteiger partial charge in [0.1, 0.15) is 0 Å². The first kappa shape index (κ1) is 16.0. The van der Waals surface area contributed by atoms with E-state index < -0.39 is 10.0 Å². The zero-order valence-electron chi connectivity index (χ0n) is 13.0. The SMILES string of the molecule is O=S(=O)(NC1CCCC1)C1CCCN(CCn2ccnc2)C1. The van der Waals surface area contributed by atoms with E-state index >= 15 is 0 Å². The molecule has 124 valence electrons. The minimum absolute atomic E-state index is 0.173. The third-order valence-corrected chi connectivity index (χ3v) is 6.75. The van der Waals surface area contributed by atoms with Crippen LogP contribution in [0.5, 0.6) is 0 Å². The normalized spacial score (nSPS) is 24.8. The van der Waals surface area contributed by atoms with E-state index in [1.807, 2.05) is 10.8 Å². The molecule has 2 heterocycles. The number of likely N-dealkylation sites (tertiary alicyclic amines) is 1. The monoisotopic (exact) mass is 326 g/mol. The molecule has 1 aromatic heterocycles. The van der Waals surface area contributed by atoms with Crippen LogP contribution in [0.3, 0.4) is 0 Å². The lowest BCUT2D eigenvalue weighted by molar-refractivity contribution is 0.221. The molecule has 1 aliphatic carbocycles. The van der Waals surface area contributed by atoms with Gasteiger partial charge in [0.15, 0.2) is 0 Å². The molecule has 22 heavy (non-hydrogen) atoms. The summed E-state index contributed by atoms with van der Waals surface area (Å²) < 4.78 is 30.1. The van der Waals surface area contributed by atoms with Crippen LogP contribution >= 0.6 is 0 Å². The third-order valence-electron chi connectivity index (χ3n) is 4.82. The van der Waals surface area contributed by atoms with Crippen molar-refractivity contribution in [3.05, 3.63) is 18.7 Å². The fourth-order valence-corrected chi connectivity index (χ4v) is 5.29. The van der Waals surface area contributed by atoms with Crippen molar-refractivity contribution in [2.45, 2.75) is 56.4 Å². The number of imidazole rings is 1. The van der Waals surface area contributed by atoms with E-state index in [1.54, 1.807) is 12.5 Å². The van der Waals surface area contributed by atoms with Crippen molar-refractivity contribution in [3.8, 4) is 0 Å². The molecular weight excluding hydrogens is 300 g/mol. The first-order chi connectivity index (χ1) is 10.6. The second-order valence-electron chi connectivity index (χ2n) is 6.51. The van der Waals surface area contributed by atoms with Crippen LogP contribution in [0.4, 0.5) is 0 Å². The van der Waals surface area contributed by atoms with Crippen LogP contribution in [0, 0.1) is 0 Å². The van der Waals surface area contributed by atoms with Crippen LogP contribution in [-0.4, -0.2) is 53.8 Å². The van der Waals surface area contributed by atoms with Crippen LogP contribution in [0.2, 0.25) is 0 Å². The van der Waals surface area contributed by atoms with Crippen LogP contribution in [-0.2, 0) is 16.6 Å². The van der Waals surface area contributed by atoms with Gasteiger partial charge >= 0.3 is 0 Å². The number of rotatable bonds is 6. The van der Waals surface area contributed by atoms with Crippen LogP contribution in [0.25, 0.3) is 0 Å². The Morgan fingerprint density at radius 2 is 1.95 bits per heavy atom. The number of sulfonamides is 1. The van der Waals surface area contributed by atoms with E-state index in [0.29, 0.717) is 6.54 Å². The van der Waals surface area contributed by atoms with Crippen molar-refractivity contribution in [1.82, 2.24) is 19.2 Å². The quantitative estimate of drug-likeness (QED) is 0.853. The highest BCUT2D eigenvalue weighted by Gasteiger charge is 2.32. The van der Waals surface area contributed by atoms with Crippen molar-refractivity contribution in [2.24, 2.45) is 0 Å². The summed E-state index contributed by atoms with van der Waals surface area (Å²) in [6.07, 6.45) is 11.6. The number of hydrogen-bond donors (Lipinski definition) is 1. The molecule has 6 nitrogen and oxygen atoms in total. The average molecular weight is 326 g/mol. The number of hydrogen-bond acceptors (Lipinski definition) is 4. The molecular formula is C15H26N4O2S. The molecule has 0 bridgehead atoms. The van der Waals surface area contributed by atoms with E-state index in [1.165, 1.54) is 0 Å². The van der Waals surface area contributed by atoms with Gasteiger partial charge < -0.3 is 9.47 Å². The lowest BCUT2D eigenvalue weighted by atomic mass is 10.1. The fraction of sp³-hybridized carbons (Fsp3) is 0.800. The Balaban J connectivity index is 1.52. The van der Waals surface area contributed by atoms with Crippen LogP contribution in [0.15, 0.2) is 18.7 Å². The second-order valence-corrected chi connectivity index (χ2v) is 8.50. The number of aromatic nitrogens is 2. The zero-order valence-corrected chi connectivity index (χ0v) is 13.8. The largest absolute Gasteiger partial charge is 0.336 e. The van der Waals surface area contributed by atoms with Crippen molar-refractivity contribution < 1.29 is 8.42 Å². The van der Waals surface area contributed by atoms with E-state index in [4.69, 9.17) is 0 Å². The predicted molar refractivity (Wildman–Crippen MR) is 86.0 cm³/mol. The predicted octanol–water partition coefficient (Wildman–Crippen LogP) is 1.21. The van der Waals surface area contributed by atoms with Crippen molar-refractivity contribution >= 4 is 10.0 Å². The summed E-state index contributed by atoms with van der Waals surface area (Å²) in [4.78, 5) is 6.30. The van der Waals surface area contributed by atoms with Gasteiger partial charge in [0.05, 0.1) is 11.6 Å². The van der Waals surface area contributed by atoms with Gasteiger partial charge in [0.25, 0.3) is 0 Å². The molecule has 1 N–H and O–H groups in total. The molecule has 1 aromatic rings. The maximum atomic E-state index is 12.6. The van der Waals surface area contributed by atoms with Crippen molar-refractivity contribution in [3.63, 3.8) is 0 Å². The van der Waals surface area contributed by atoms with Gasteiger partial charge in [-0.05, 0) is 32.2 Å². The molecule has 1 unspecified atom stereocenters. The van der Waals surface area contributed by atoms with E-state index in [9.17, 15) is 8.42 Å². The molecule has 1 aliphatic heterocycles. The molecule has 0 aromatic carbocycles.